The molecular weight excluding hydrogens is 374 g/mol. The zero-order valence-corrected chi connectivity index (χ0v) is 17.3. The minimum absolute atomic E-state index is 0.0970. The van der Waals surface area contributed by atoms with E-state index < -0.39 is 0 Å². The molecule has 1 unspecified atom stereocenters. The molecule has 0 radical (unpaired) electrons. The Morgan fingerprint density at radius 1 is 1.25 bits per heavy atom. The lowest BCUT2D eigenvalue weighted by Gasteiger charge is -2.33. The first-order chi connectivity index (χ1) is 13.7. The van der Waals surface area contributed by atoms with E-state index >= 15 is 0 Å². The van der Waals surface area contributed by atoms with E-state index in [1.54, 1.807) is 18.4 Å². The molecule has 28 heavy (non-hydrogen) atoms. The number of anilines is 1. The third-order valence-electron chi connectivity index (χ3n) is 5.56. The number of carbonyl (C=O) groups excluding carboxylic acids is 1. The van der Waals surface area contributed by atoms with Gasteiger partial charge in [0.25, 0.3) is 5.91 Å². The highest BCUT2D eigenvalue weighted by atomic mass is 32.1. The molecule has 0 saturated carbocycles. The van der Waals surface area contributed by atoms with Crippen LogP contribution >= 0.6 is 11.3 Å². The van der Waals surface area contributed by atoms with Crippen LogP contribution < -0.4 is 9.64 Å². The number of methoxy groups -OCH3 is 1. The molecule has 0 aliphatic carbocycles. The van der Waals surface area contributed by atoms with Crippen molar-refractivity contribution >= 4 is 22.4 Å². The predicted molar refractivity (Wildman–Crippen MR) is 111 cm³/mol. The van der Waals surface area contributed by atoms with Gasteiger partial charge in [0.1, 0.15) is 5.75 Å². The first kappa shape index (κ1) is 19.2. The van der Waals surface area contributed by atoms with Crippen LogP contribution in [-0.2, 0) is 4.74 Å². The number of thiazole rings is 1. The van der Waals surface area contributed by atoms with E-state index in [1.807, 2.05) is 28.5 Å². The summed E-state index contributed by atoms with van der Waals surface area (Å²) in [5.74, 6) is 0.835. The number of likely N-dealkylation sites (tertiary alicyclic amines) is 1. The van der Waals surface area contributed by atoms with Gasteiger partial charge < -0.3 is 19.3 Å². The van der Waals surface area contributed by atoms with Crippen LogP contribution in [-0.4, -0.2) is 61.8 Å². The third kappa shape index (κ3) is 3.86. The molecule has 150 valence electrons. The smallest absolute Gasteiger partial charge is 0.254 e. The number of aromatic nitrogens is 1. The van der Waals surface area contributed by atoms with Crippen molar-refractivity contribution in [3.05, 3.63) is 29.1 Å². The van der Waals surface area contributed by atoms with Gasteiger partial charge in [0.2, 0.25) is 0 Å². The summed E-state index contributed by atoms with van der Waals surface area (Å²) >= 11 is 1.62. The molecule has 1 atom stereocenters. The van der Waals surface area contributed by atoms with E-state index in [0.29, 0.717) is 11.6 Å². The van der Waals surface area contributed by atoms with E-state index in [0.717, 1.165) is 67.8 Å². The maximum absolute atomic E-state index is 13.1. The van der Waals surface area contributed by atoms with Crippen molar-refractivity contribution < 1.29 is 14.3 Å². The average Bonchev–Trinajstić information content (AvgIpc) is 3.24. The SMILES string of the molecule is COc1ccc(C(=O)N2CCCCC2C)cc1-c1csc(N2CCOCC2)n1. The Morgan fingerprint density at radius 2 is 2.07 bits per heavy atom. The number of hydrogen-bond acceptors (Lipinski definition) is 6. The van der Waals surface area contributed by atoms with Crippen molar-refractivity contribution in [1.29, 1.82) is 0 Å². The summed E-state index contributed by atoms with van der Waals surface area (Å²) in [5, 5.41) is 3.03. The Balaban J connectivity index is 1.62. The molecule has 0 spiro atoms. The topological polar surface area (TPSA) is 54.9 Å². The first-order valence-corrected chi connectivity index (χ1v) is 10.8. The van der Waals surface area contributed by atoms with Crippen LogP contribution in [0.5, 0.6) is 5.75 Å². The van der Waals surface area contributed by atoms with Crippen molar-refractivity contribution in [1.82, 2.24) is 9.88 Å². The fourth-order valence-corrected chi connectivity index (χ4v) is 4.77. The van der Waals surface area contributed by atoms with Crippen LogP contribution in [0.2, 0.25) is 0 Å². The van der Waals surface area contributed by atoms with E-state index in [-0.39, 0.29) is 5.91 Å². The van der Waals surface area contributed by atoms with Gasteiger partial charge in [-0.05, 0) is 44.4 Å². The molecule has 2 aliphatic rings. The predicted octanol–water partition coefficient (Wildman–Crippen LogP) is 3.67. The molecule has 2 aliphatic heterocycles. The number of ether oxygens (including phenoxy) is 2. The molecule has 1 aromatic carbocycles. The fourth-order valence-electron chi connectivity index (χ4n) is 3.89. The number of morpholine rings is 1. The zero-order valence-electron chi connectivity index (χ0n) is 16.5. The number of amides is 1. The van der Waals surface area contributed by atoms with Crippen LogP contribution in [0.1, 0.15) is 36.5 Å². The molecule has 0 N–H and O–H groups in total. The van der Waals surface area contributed by atoms with Crippen LogP contribution in [0.3, 0.4) is 0 Å². The van der Waals surface area contributed by atoms with E-state index in [4.69, 9.17) is 14.5 Å². The Kier molecular flexibility index (Phi) is 5.82. The summed E-state index contributed by atoms with van der Waals surface area (Å²) in [6, 6.07) is 5.96. The fraction of sp³-hybridized carbons (Fsp3) is 0.524. The van der Waals surface area contributed by atoms with Gasteiger partial charge in [-0.15, -0.1) is 11.3 Å². The number of nitrogens with zero attached hydrogens (tertiary/aromatic N) is 3. The second-order valence-electron chi connectivity index (χ2n) is 7.37. The molecular formula is C21H27N3O3S. The zero-order chi connectivity index (χ0) is 19.5. The number of carbonyl (C=O) groups is 1. The lowest BCUT2D eigenvalue weighted by molar-refractivity contribution is 0.0635. The summed E-state index contributed by atoms with van der Waals surface area (Å²) in [4.78, 5) is 22.2. The molecule has 2 saturated heterocycles. The summed E-state index contributed by atoms with van der Waals surface area (Å²) in [6.45, 7) is 6.15. The van der Waals surface area contributed by atoms with Gasteiger partial charge >= 0.3 is 0 Å². The minimum atomic E-state index is 0.0970. The highest BCUT2D eigenvalue weighted by Gasteiger charge is 2.25. The van der Waals surface area contributed by atoms with Crippen molar-refractivity contribution in [2.45, 2.75) is 32.2 Å². The largest absolute Gasteiger partial charge is 0.496 e. The molecule has 3 heterocycles. The molecule has 6 nitrogen and oxygen atoms in total. The average molecular weight is 402 g/mol. The standard InChI is InChI=1S/C21H27N3O3S/c1-15-5-3-4-8-24(15)20(25)16-6-7-19(26-2)17(13-16)18-14-28-21(22-18)23-9-11-27-12-10-23/h6-7,13-15H,3-5,8-12H2,1-2H3. The Hall–Kier alpha value is -2.12. The second kappa shape index (κ2) is 8.49. The number of hydrogen-bond donors (Lipinski definition) is 0. The molecule has 1 aromatic heterocycles. The van der Waals surface area contributed by atoms with Crippen LogP contribution in [0.15, 0.2) is 23.6 Å². The molecule has 2 fully saturated rings. The molecule has 1 amide bonds. The Morgan fingerprint density at radius 3 is 2.82 bits per heavy atom. The Labute approximate surface area is 170 Å². The summed E-state index contributed by atoms with van der Waals surface area (Å²) in [5.41, 5.74) is 2.42. The highest BCUT2D eigenvalue weighted by Crippen LogP contribution is 2.35. The molecule has 7 heteroatoms. The van der Waals surface area contributed by atoms with Gasteiger partial charge in [-0.2, -0.15) is 0 Å². The summed E-state index contributed by atoms with van der Waals surface area (Å²) < 4.78 is 11.0. The number of piperidine rings is 1. The maximum Gasteiger partial charge on any atom is 0.254 e. The first-order valence-electron chi connectivity index (χ1n) is 9.95. The van der Waals surface area contributed by atoms with E-state index in [1.165, 1.54) is 6.42 Å². The minimum Gasteiger partial charge on any atom is -0.496 e. The second-order valence-corrected chi connectivity index (χ2v) is 8.21. The van der Waals surface area contributed by atoms with Gasteiger partial charge in [-0.1, -0.05) is 0 Å². The molecule has 2 aromatic rings. The van der Waals surface area contributed by atoms with Crippen LogP contribution in [0.4, 0.5) is 5.13 Å². The van der Waals surface area contributed by atoms with Gasteiger partial charge in [0.05, 0.1) is 26.0 Å². The number of rotatable bonds is 4. The Bertz CT molecular complexity index is 832. The maximum atomic E-state index is 13.1. The van der Waals surface area contributed by atoms with Crippen LogP contribution in [0.25, 0.3) is 11.3 Å². The van der Waals surface area contributed by atoms with Crippen molar-refractivity contribution in [3.63, 3.8) is 0 Å². The summed E-state index contributed by atoms with van der Waals surface area (Å²) in [6.07, 6.45) is 3.35. The quantitative estimate of drug-likeness (QED) is 0.782. The summed E-state index contributed by atoms with van der Waals surface area (Å²) in [7, 11) is 1.66. The van der Waals surface area contributed by atoms with Gasteiger partial charge in [-0.3, -0.25) is 4.79 Å². The monoisotopic (exact) mass is 401 g/mol. The normalized spacial score (nSPS) is 20.3. The van der Waals surface area contributed by atoms with Gasteiger partial charge in [0.15, 0.2) is 5.13 Å². The molecule has 0 bridgehead atoms. The van der Waals surface area contributed by atoms with E-state index in [2.05, 4.69) is 11.8 Å². The number of benzene rings is 1. The lowest BCUT2D eigenvalue weighted by Crippen LogP contribution is -2.42. The van der Waals surface area contributed by atoms with Gasteiger partial charge in [0, 0.05) is 42.2 Å². The van der Waals surface area contributed by atoms with Crippen molar-refractivity contribution in [2.24, 2.45) is 0 Å². The lowest BCUT2D eigenvalue weighted by atomic mass is 10.0. The van der Waals surface area contributed by atoms with Crippen molar-refractivity contribution in [2.75, 3.05) is 44.9 Å². The third-order valence-corrected chi connectivity index (χ3v) is 6.46. The molecule has 4 rings (SSSR count). The van der Waals surface area contributed by atoms with Crippen molar-refractivity contribution in [3.8, 4) is 17.0 Å². The van der Waals surface area contributed by atoms with E-state index in [9.17, 15) is 4.79 Å². The van der Waals surface area contributed by atoms with Gasteiger partial charge in [-0.25, -0.2) is 4.98 Å². The highest BCUT2D eigenvalue weighted by molar-refractivity contribution is 7.14. The van der Waals surface area contributed by atoms with Crippen LogP contribution in [0, 0.1) is 0 Å².